The van der Waals surface area contributed by atoms with Crippen molar-refractivity contribution in [2.75, 3.05) is 53.4 Å². The molecule has 0 fully saturated rings. The molecule has 3 N–H and O–H groups in total. The van der Waals surface area contributed by atoms with Crippen molar-refractivity contribution >= 4 is 6.29 Å². The summed E-state index contributed by atoms with van der Waals surface area (Å²) < 4.78 is 20.2. The highest BCUT2D eigenvalue weighted by Gasteiger charge is 2.26. The summed E-state index contributed by atoms with van der Waals surface area (Å²) in [6.45, 7) is 1.47. The van der Waals surface area contributed by atoms with Crippen LogP contribution < -0.4 is 0 Å². The molecule has 0 aliphatic rings. The largest absolute Gasteiger partial charge is 0.394 e. The van der Waals surface area contributed by atoms with Crippen LogP contribution in [0.2, 0.25) is 0 Å². The number of carbonyl (C=O) groups is 1. The summed E-state index contributed by atoms with van der Waals surface area (Å²) in [6, 6.07) is 0. The van der Waals surface area contributed by atoms with E-state index in [4.69, 9.17) is 24.1 Å². The highest BCUT2D eigenvalue weighted by Crippen LogP contribution is 2.02. The van der Waals surface area contributed by atoms with E-state index in [-0.39, 0.29) is 13.2 Å². The van der Waals surface area contributed by atoms with Gasteiger partial charge >= 0.3 is 0 Å². The maximum absolute atomic E-state index is 10.7. The molecule has 0 heterocycles. The Morgan fingerprint density at radius 1 is 1.00 bits per heavy atom. The van der Waals surface area contributed by atoms with Gasteiger partial charge in [0.05, 0.1) is 46.2 Å². The number of aliphatic hydroxyl groups is 3. The SMILES string of the molecule is COCCOCCOCCO[C@@H](C=O)[C@H](O)[C@H](O)CO. The fourth-order valence-electron chi connectivity index (χ4n) is 1.25. The molecule has 0 aromatic heterocycles. The Kier molecular flexibility index (Phi) is 13.0. The van der Waals surface area contributed by atoms with Crippen LogP contribution in [0.1, 0.15) is 0 Å². The van der Waals surface area contributed by atoms with Crippen molar-refractivity contribution in [2.45, 2.75) is 18.3 Å². The molecular weight excluding hydrogens is 272 g/mol. The Morgan fingerprint density at radius 3 is 2.05 bits per heavy atom. The molecule has 0 aliphatic heterocycles. The molecule has 0 saturated heterocycles. The van der Waals surface area contributed by atoms with Gasteiger partial charge in [0.15, 0.2) is 6.29 Å². The molecule has 0 bridgehead atoms. The first-order valence-corrected chi connectivity index (χ1v) is 6.35. The van der Waals surface area contributed by atoms with Gasteiger partial charge < -0.3 is 39.1 Å². The third-order valence-corrected chi connectivity index (χ3v) is 2.39. The number of hydrogen-bond acceptors (Lipinski definition) is 8. The summed E-state index contributed by atoms with van der Waals surface area (Å²) in [5.74, 6) is 0. The lowest BCUT2D eigenvalue weighted by Crippen LogP contribution is -2.42. The van der Waals surface area contributed by atoms with Gasteiger partial charge in [0.2, 0.25) is 0 Å². The zero-order valence-corrected chi connectivity index (χ0v) is 11.6. The first kappa shape index (κ1) is 19.4. The van der Waals surface area contributed by atoms with Crippen LogP contribution in [0.3, 0.4) is 0 Å². The van der Waals surface area contributed by atoms with Gasteiger partial charge in [-0.1, -0.05) is 0 Å². The van der Waals surface area contributed by atoms with Gasteiger partial charge in [0, 0.05) is 7.11 Å². The van der Waals surface area contributed by atoms with Gasteiger partial charge in [0.1, 0.15) is 18.3 Å². The van der Waals surface area contributed by atoms with E-state index in [1.54, 1.807) is 7.11 Å². The molecule has 0 amide bonds. The third kappa shape index (κ3) is 9.32. The molecule has 8 nitrogen and oxygen atoms in total. The average molecular weight is 296 g/mol. The number of methoxy groups -OCH3 is 1. The fourth-order valence-corrected chi connectivity index (χ4v) is 1.25. The molecule has 3 atom stereocenters. The van der Waals surface area contributed by atoms with E-state index >= 15 is 0 Å². The van der Waals surface area contributed by atoms with Gasteiger partial charge in [-0.25, -0.2) is 0 Å². The Labute approximate surface area is 118 Å². The number of rotatable bonds is 14. The minimum atomic E-state index is -1.46. The topological polar surface area (TPSA) is 115 Å². The van der Waals surface area contributed by atoms with Crippen molar-refractivity contribution in [1.29, 1.82) is 0 Å². The molecule has 0 radical (unpaired) electrons. The molecule has 0 aromatic rings. The molecule has 20 heavy (non-hydrogen) atoms. The normalized spacial score (nSPS) is 15.8. The van der Waals surface area contributed by atoms with Crippen LogP contribution in [0.25, 0.3) is 0 Å². The van der Waals surface area contributed by atoms with Crippen LogP contribution in [0.5, 0.6) is 0 Å². The van der Waals surface area contributed by atoms with Gasteiger partial charge in [-0.2, -0.15) is 0 Å². The van der Waals surface area contributed by atoms with Crippen molar-refractivity contribution in [2.24, 2.45) is 0 Å². The number of aldehydes is 1. The van der Waals surface area contributed by atoms with Gasteiger partial charge in [-0.3, -0.25) is 0 Å². The van der Waals surface area contributed by atoms with Crippen LogP contribution in [0, 0.1) is 0 Å². The molecule has 0 unspecified atom stereocenters. The predicted octanol–water partition coefficient (Wildman–Crippen LogP) is -2.04. The third-order valence-electron chi connectivity index (χ3n) is 2.39. The van der Waals surface area contributed by atoms with Crippen molar-refractivity contribution in [3.63, 3.8) is 0 Å². The molecule has 0 saturated carbocycles. The fraction of sp³-hybridized carbons (Fsp3) is 0.917. The van der Waals surface area contributed by atoms with Crippen LogP contribution in [0.15, 0.2) is 0 Å². The van der Waals surface area contributed by atoms with Crippen LogP contribution in [-0.4, -0.2) is 93.3 Å². The Bertz CT molecular complexity index is 226. The lowest BCUT2D eigenvalue weighted by atomic mass is 10.1. The summed E-state index contributed by atoms with van der Waals surface area (Å²) >= 11 is 0. The van der Waals surface area contributed by atoms with E-state index in [1.807, 2.05) is 0 Å². The second-order valence-corrected chi connectivity index (χ2v) is 3.93. The van der Waals surface area contributed by atoms with Crippen molar-refractivity contribution < 1.29 is 39.1 Å². The Hall–Kier alpha value is -0.610. The summed E-state index contributed by atoms with van der Waals surface area (Å²) in [6.07, 6.45) is -3.70. The first-order valence-electron chi connectivity index (χ1n) is 6.35. The smallest absolute Gasteiger partial charge is 0.151 e. The van der Waals surface area contributed by atoms with E-state index in [0.29, 0.717) is 32.7 Å². The molecule has 8 heteroatoms. The maximum atomic E-state index is 10.7. The lowest BCUT2D eigenvalue weighted by molar-refractivity contribution is -0.138. The maximum Gasteiger partial charge on any atom is 0.151 e. The molecule has 0 rings (SSSR count). The molecule has 120 valence electrons. The molecule has 0 spiro atoms. The van der Waals surface area contributed by atoms with E-state index in [2.05, 4.69) is 0 Å². The summed E-state index contributed by atoms with van der Waals surface area (Å²) in [5.41, 5.74) is 0. The molecule has 0 aromatic carbocycles. The number of ether oxygens (including phenoxy) is 4. The van der Waals surface area contributed by atoms with Crippen LogP contribution >= 0.6 is 0 Å². The minimum Gasteiger partial charge on any atom is -0.394 e. The van der Waals surface area contributed by atoms with E-state index in [9.17, 15) is 15.0 Å². The summed E-state index contributed by atoms with van der Waals surface area (Å²) in [4.78, 5) is 10.7. The Morgan fingerprint density at radius 2 is 1.55 bits per heavy atom. The number of hydrogen-bond donors (Lipinski definition) is 3. The average Bonchev–Trinajstić information content (AvgIpc) is 2.48. The highest BCUT2D eigenvalue weighted by molar-refractivity contribution is 5.57. The van der Waals surface area contributed by atoms with Crippen molar-refractivity contribution in [1.82, 2.24) is 0 Å². The van der Waals surface area contributed by atoms with Crippen LogP contribution in [-0.2, 0) is 23.7 Å². The summed E-state index contributed by atoms with van der Waals surface area (Å²) in [5, 5.41) is 27.3. The van der Waals surface area contributed by atoms with E-state index in [0.717, 1.165) is 0 Å². The summed E-state index contributed by atoms with van der Waals surface area (Å²) in [7, 11) is 1.59. The lowest BCUT2D eigenvalue weighted by Gasteiger charge is -2.21. The van der Waals surface area contributed by atoms with Gasteiger partial charge in [0.25, 0.3) is 0 Å². The zero-order chi connectivity index (χ0) is 15.2. The molecular formula is C12H24O8. The van der Waals surface area contributed by atoms with Gasteiger partial charge in [-0.05, 0) is 0 Å². The monoisotopic (exact) mass is 296 g/mol. The quantitative estimate of drug-likeness (QED) is 0.248. The standard InChI is InChI=1S/C12H24O8/c1-17-2-3-18-4-5-19-6-7-20-11(9-14)12(16)10(15)8-13/h9-13,15-16H,2-8H2,1H3/t10-,11+,12-/m1/s1. The zero-order valence-electron chi connectivity index (χ0n) is 11.6. The van der Waals surface area contributed by atoms with Gasteiger partial charge in [-0.15, -0.1) is 0 Å². The first-order chi connectivity index (χ1) is 9.67. The van der Waals surface area contributed by atoms with E-state index < -0.39 is 24.9 Å². The van der Waals surface area contributed by atoms with Crippen LogP contribution in [0.4, 0.5) is 0 Å². The molecule has 0 aliphatic carbocycles. The highest BCUT2D eigenvalue weighted by atomic mass is 16.6. The Balaban J connectivity index is 3.54. The van der Waals surface area contributed by atoms with Crippen molar-refractivity contribution in [3.05, 3.63) is 0 Å². The number of aliphatic hydroxyl groups excluding tert-OH is 3. The van der Waals surface area contributed by atoms with Crippen molar-refractivity contribution in [3.8, 4) is 0 Å². The number of carbonyl (C=O) groups excluding carboxylic acids is 1. The minimum absolute atomic E-state index is 0.0800. The second kappa shape index (κ2) is 13.4. The van der Waals surface area contributed by atoms with E-state index in [1.165, 1.54) is 0 Å². The predicted molar refractivity (Wildman–Crippen MR) is 68.4 cm³/mol. The second-order valence-electron chi connectivity index (χ2n) is 3.93.